The minimum Gasteiger partial charge on any atom is -0.465 e. The van der Waals surface area contributed by atoms with Gasteiger partial charge in [-0.15, -0.1) is 0 Å². The van der Waals surface area contributed by atoms with Gasteiger partial charge in [-0.1, -0.05) is 13.8 Å². The summed E-state index contributed by atoms with van der Waals surface area (Å²) < 4.78 is 4.95. The van der Waals surface area contributed by atoms with Crippen molar-refractivity contribution < 1.29 is 14.6 Å². The Morgan fingerprint density at radius 1 is 1.38 bits per heavy atom. The number of rotatable bonds is 5. The van der Waals surface area contributed by atoms with Crippen LogP contribution in [0.3, 0.4) is 0 Å². The van der Waals surface area contributed by atoms with Crippen molar-refractivity contribution in [1.82, 2.24) is 0 Å². The van der Waals surface area contributed by atoms with E-state index < -0.39 is 11.5 Å². The fraction of sp³-hybridized carbons (Fsp3) is 0.900. The molecule has 0 aromatic carbocycles. The van der Waals surface area contributed by atoms with Crippen molar-refractivity contribution in [2.24, 2.45) is 5.41 Å². The molecular formula is C10H20O3. The minimum atomic E-state index is -0.712. The Morgan fingerprint density at radius 2 is 1.85 bits per heavy atom. The highest BCUT2D eigenvalue weighted by Gasteiger charge is 2.40. The van der Waals surface area contributed by atoms with Crippen molar-refractivity contribution in [3.63, 3.8) is 0 Å². The standard InChI is InChI=1S/C10H20O3/c1-5-10(6-2,8(4)11)9(12)13-7-3/h8,11H,5-7H2,1-4H3/t8-/m0/s1. The lowest BCUT2D eigenvalue weighted by molar-refractivity contribution is -0.163. The van der Waals surface area contributed by atoms with Gasteiger partial charge in [0, 0.05) is 0 Å². The van der Waals surface area contributed by atoms with Crippen molar-refractivity contribution in [3.8, 4) is 0 Å². The van der Waals surface area contributed by atoms with Crippen LogP contribution in [0.2, 0.25) is 0 Å². The molecule has 0 rings (SSSR count). The molecule has 0 saturated carbocycles. The summed E-state index contributed by atoms with van der Waals surface area (Å²) in [5.74, 6) is -0.282. The normalized spacial score (nSPS) is 13.9. The van der Waals surface area contributed by atoms with E-state index >= 15 is 0 Å². The molecular weight excluding hydrogens is 168 g/mol. The number of carbonyl (C=O) groups is 1. The predicted molar refractivity (Wildman–Crippen MR) is 51.3 cm³/mol. The van der Waals surface area contributed by atoms with Crippen LogP contribution < -0.4 is 0 Å². The Morgan fingerprint density at radius 3 is 2.08 bits per heavy atom. The average molecular weight is 188 g/mol. The van der Waals surface area contributed by atoms with Crippen molar-refractivity contribution in [2.75, 3.05) is 6.61 Å². The first-order chi connectivity index (χ1) is 6.05. The zero-order valence-electron chi connectivity index (χ0n) is 8.96. The van der Waals surface area contributed by atoms with E-state index in [0.717, 1.165) is 0 Å². The number of ether oxygens (including phenoxy) is 1. The lowest BCUT2D eigenvalue weighted by atomic mass is 9.78. The number of hydrogen-bond donors (Lipinski definition) is 1. The molecule has 0 saturated heterocycles. The fourth-order valence-corrected chi connectivity index (χ4v) is 1.57. The zero-order chi connectivity index (χ0) is 10.5. The second kappa shape index (κ2) is 5.22. The molecule has 0 aromatic heterocycles. The summed E-state index contributed by atoms with van der Waals surface area (Å²) >= 11 is 0. The lowest BCUT2D eigenvalue weighted by Crippen LogP contribution is -2.41. The predicted octanol–water partition coefficient (Wildman–Crippen LogP) is 1.74. The van der Waals surface area contributed by atoms with Gasteiger partial charge in [0.15, 0.2) is 0 Å². The average Bonchev–Trinajstić information content (AvgIpc) is 2.07. The van der Waals surface area contributed by atoms with Crippen molar-refractivity contribution in [2.45, 2.75) is 46.6 Å². The Balaban J connectivity index is 4.65. The van der Waals surface area contributed by atoms with E-state index in [9.17, 15) is 9.90 Å². The van der Waals surface area contributed by atoms with E-state index in [1.807, 2.05) is 13.8 Å². The van der Waals surface area contributed by atoms with Crippen LogP contribution in [0.4, 0.5) is 0 Å². The molecule has 13 heavy (non-hydrogen) atoms. The summed E-state index contributed by atoms with van der Waals surface area (Å²) in [6, 6.07) is 0. The van der Waals surface area contributed by atoms with Gasteiger partial charge in [-0.3, -0.25) is 4.79 Å². The number of aliphatic hydroxyl groups is 1. The minimum absolute atomic E-state index is 0.282. The Bertz CT molecular complexity index is 160. The molecule has 0 radical (unpaired) electrons. The lowest BCUT2D eigenvalue weighted by Gasteiger charge is -2.31. The molecule has 0 aliphatic carbocycles. The van der Waals surface area contributed by atoms with Gasteiger partial charge in [0.25, 0.3) is 0 Å². The summed E-state index contributed by atoms with van der Waals surface area (Å²) in [6.45, 7) is 7.58. The van der Waals surface area contributed by atoms with Crippen LogP contribution in [-0.2, 0) is 9.53 Å². The van der Waals surface area contributed by atoms with Crippen molar-refractivity contribution >= 4 is 5.97 Å². The summed E-state index contributed by atoms with van der Waals surface area (Å²) in [6.07, 6.45) is 0.571. The molecule has 0 aliphatic heterocycles. The maximum atomic E-state index is 11.6. The monoisotopic (exact) mass is 188 g/mol. The van der Waals surface area contributed by atoms with Gasteiger partial charge in [0.1, 0.15) is 0 Å². The molecule has 78 valence electrons. The zero-order valence-corrected chi connectivity index (χ0v) is 8.96. The maximum absolute atomic E-state index is 11.6. The molecule has 0 bridgehead atoms. The smallest absolute Gasteiger partial charge is 0.314 e. The molecule has 0 fully saturated rings. The van der Waals surface area contributed by atoms with E-state index in [2.05, 4.69) is 0 Å². The Kier molecular flexibility index (Phi) is 4.99. The first-order valence-corrected chi connectivity index (χ1v) is 4.90. The molecule has 3 nitrogen and oxygen atoms in total. The fourth-order valence-electron chi connectivity index (χ4n) is 1.57. The topological polar surface area (TPSA) is 46.5 Å². The molecule has 0 aromatic rings. The van der Waals surface area contributed by atoms with Gasteiger partial charge in [0.2, 0.25) is 0 Å². The van der Waals surface area contributed by atoms with E-state index in [1.54, 1.807) is 13.8 Å². The largest absolute Gasteiger partial charge is 0.465 e. The van der Waals surface area contributed by atoms with E-state index in [-0.39, 0.29) is 5.97 Å². The van der Waals surface area contributed by atoms with Gasteiger partial charge in [-0.2, -0.15) is 0 Å². The number of hydrogen-bond acceptors (Lipinski definition) is 3. The van der Waals surface area contributed by atoms with Crippen LogP contribution >= 0.6 is 0 Å². The van der Waals surface area contributed by atoms with Gasteiger partial charge >= 0.3 is 5.97 Å². The van der Waals surface area contributed by atoms with Crippen LogP contribution in [-0.4, -0.2) is 23.8 Å². The highest BCUT2D eigenvalue weighted by molar-refractivity contribution is 5.77. The van der Waals surface area contributed by atoms with Crippen LogP contribution in [0.5, 0.6) is 0 Å². The van der Waals surface area contributed by atoms with Gasteiger partial charge in [-0.25, -0.2) is 0 Å². The Labute approximate surface area is 80.1 Å². The third-order valence-corrected chi connectivity index (χ3v) is 2.74. The second-order valence-electron chi connectivity index (χ2n) is 3.26. The van der Waals surface area contributed by atoms with Gasteiger partial charge in [0.05, 0.1) is 18.1 Å². The molecule has 0 heterocycles. The molecule has 0 spiro atoms. The third-order valence-electron chi connectivity index (χ3n) is 2.74. The van der Waals surface area contributed by atoms with Crippen molar-refractivity contribution in [3.05, 3.63) is 0 Å². The summed E-state index contributed by atoms with van der Waals surface area (Å²) in [7, 11) is 0. The molecule has 0 aliphatic rings. The molecule has 1 N–H and O–H groups in total. The first-order valence-electron chi connectivity index (χ1n) is 4.90. The number of aliphatic hydroxyl groups excluding tert-OH is 1. The van der Waals surface area contributed by atoms with Crippen LogP contribution in [0, 0.1) is 5.41 Å². The molecule has 0 amide bonds. The molecule has 0 unspecified atom stereocenters. The molecule has 1 atom stereocenters. The highest BCUT2D eigenvalue weighted by Crippen LogP contribution is 2.32. The highest BCUT2D eigenvalue weighted by atomic mass is 16.5. The summed E-state index contributed by atoms with van der Waals surface area (Å²) in [4.78, 5) is 11.6. The molecule has 3 heteroatoms. The van der Waals surface area contributed by atoms with E-state index in [4.69, 9.17) is 4.74 Å². The van der Waals surface area contributed by atoms with Gasteiger partial charge in [-0.05, 0) is 26.7 Å². The van der Waals surface area contributed by atoms with Crippen LogP contribution in [0.1, 0.15) is 40.5 Å². The van der Waals surface area contributed by atoms with E-state index in [1.165, 1.54) is 0 Å². The van der Waals surface area contributed by atoms with Crippen molar-refractivity contribution in [1.29, 1.82) is 0 Å². The number of esters is 1. The van der Waals surface area contributed by atoms with E-state index in [0.29, 0.717) is 19.4 Å². The quantitative estimate of drug-likeness (QED) is 0.668. The Hall–Kier alpha value is -0.570. The summed E-state index contributed by atoms with van der Waals surface area (Å²) in [5, 5.41) is 9.56. The van der Waals surface area contributed by atoms with Crippen LogP contribution in [0.25, 0.3) is 0 Å². The third kappa shape index (κ3) is 2.44. The summed E-state index contributed by atoms with van der Waals surface area (Å²) in [5.41, 5.74) is -0.712. The number of carbonyl (C=O) groups excluding carboxylic acids is 1. The van der Waals surface area contributed by atoms with Gasteiger partial charge < -0.3 is 9.84 Å². The first kappa shape index (κ1) is 12.4. The SMILES string of the molecule is CCOC(=O)C(CC)(CC)[C@H](C)O. The maximum Gasteiger partial charge on any atom is 0.314 e. The second-order valence-corrected chi connectivity index (χ2v) is 3.26. The van der Waals surface area contributed by atoms with Crippen LogP contribution in [0.15, 0.2) is 0 Å².